The fraction of sp³-hybridized carbons (Fsp3) is 0.0588. The molecule has 0 bridgehead atoms. The largest absolute Gasteiger partial charge is 0.351 e. The normalized spacial score (nSPS) is 10.2. The molecule has 0 saturated carbocycles. The number of benzene rings is 1. The lowest BCUT2D eigenvalue weighted by Crippen LogP contribution is -2.13. The van der Waals surface area contributed by atoms with Crippen molar-refractivity contribution in [3.63, 3.8) is 0 Å². The molecule has 0 aliphatic carbocycles. The monoisotopic (exact) mass is 322 g/mol. The molecule has 0 fully saturated rings. The molecule has 24 heavy (non-hydrogen) atoms. The van der Waals surface area contributed by atoms with E-state index in [0.29, 0.717) is 22.6 Å². The zero-order chi connectivity index (χ0) is 16.9. The maximum Gasteiger partial charge on any atom is 0.294 e. The van der Waals surface area contributed by atoms with Crippen LogP contribution in [0.1, 0.15) is 26.6 Å². The molecule has 0 atom stereocenters. The first-order valence-corrected chi connectivity index (χ1v) is 7.18. The van der Waals surface area contributed by atoms with Gasteiger partial charge in [0.15, 0.2) is 0 Å². The number of hydrogen-bond donors (Lipinski definition) is 2. The molecule has 2 aromatic heterocycles. The van der Waals surface area contributed by atoms with Crippen LogP contribution in [-0.2, 0) is 0 Å². The lowest BCUT2D eigenvalue weighted by Gasteiger charge is -2.08. The summed E-state index contributed by atoms with van der Waals surface area (Å²) in [6.07, 6.45) is 3.09. The number of amides is 2. The van der Waals surface area contributed by atoms with Gasteiger partial charge in [0.05, 0.1) is 5.69 Å². The third-order valence-corrected chi connectivity index (χ3v) is 3.17. The van der Waals surface area contributed by atoms with E-state index in [1.54, 1.807) is 61.8 Å². The summed E-state index contributed by atoms with van der Waals surface area (Å²) >= 11 is 0. The Bertz CT molecular complexity index is 874. The first kappa shape index (κ1) is 15.4. The minimum Gasteiger partial charge on any atom is -0.351 e. The summed E-state index contributed by atoms with van der Waals surface area (Å²) in [6.45, 7) is 1.73. The van der Waals surface area contributed by atoms with E-state index >= 15 is 0 Å². The lowest BCUT2D eigenvalue weighted by molar-refractivity contribution is 0.0986. The van der Waals surface area contributed by atoms with Crippen molar-refractivity contribution in [1.82, 2.24) is 10.1 Å². The number of aromatic nitrogens is 2. The van der Waals surface area contributed by atoms with E-state index in [0.717, 1.165) is 0 Å². The van der Waals surface area contributed by atoms with E-state index in [2.05, 4.69) is 20.8 Å². The van der Waals surface area contributed by atoms with Gasteiger partial charge in [-0.3, -0.25) is 14.6 Å². The molecular weight excluding hydrogens is 308 g/mol. The van der Waals surface area contributed by atoms with Crippen LogP contribution in [0.4, 0.5) is 11.4 Å². The Morgan fingerprint density at radius 3 is 2.25 bits per heavy atom. The zero-order valence-corrected chi connectivity index (χ0v) is 12.8. The van der Waals surface area contributed by atoms with E-state index in [1.165, 1.54) is 0 Å². The zero-order valence-electron chi connectivity index (χ0n) is 12.8. The van der Waals surface area contributed by atoms with Crippen molar-refractivity contribution < 1.29 is 14.1 Å². The van der Waals surface area contributed by atoms with Crippen LogP contribution in [0.3, 0.4) is 0 Å². The van der Waals surface area contributed by atoms with Crippen LogP contribution in [0.25, 0.3) is 0 Å². The number of nitrogens with zero attached hydrogens (tertiary/aromatic N) is 2. The predicted octanol–water partition coefficient (Wildman–Crippen LogP) is 2.88. The first-order valence-electron chi connectivity index (χ1n) is 7.18. The number of nitrogens with one attached hydrogen (secondary N) is 2. The summed E-state index contributed by atoms with van der Waals surface area (Å²) in [5.74, 6) is -0.543. The van der Waals surface area contributed by atoms with Crippen LogP contribution < -0.4 is 10.6 Å². The molecule has 3 aromatic rings. The van der Waals surface area contributed by atoms with E-state index < -0.39 is 5.91 Å². The highest BCUT2D eigenvalue weighted by Crippen LogP contribution is 2.17. The molecule has 0 radical (unpaired) electrons. The molecule has 0 saturated heterocycles. The summed E-state index contributed by atoms with van der Waals surface area (Å²) in [5, 5.41) is 9.12. The fourth-order valence-corrected chi connectivity index (χ4v) is 2.04. The second-order valence-corrected chi connectivity index (χ2v) is 5.06. The number of carbonyl (C=O) groups excluding carboxylic acids is 2. The summed E-state index contributed by atoms with van der Waals surface area (Å²) < 4.78 is 4.91. The Hall–Kier alpha value is -3.48. The van der Waals surface area contributed by atoms with E-state index in [-0.39, 0.29) is 11.7 Å². The molecule has 0 spiro atoms. The summed E-state index contributed by atoms with van der Waals surface area (Å²) in [7, 11) is 0. The van der Waals surface area contributed by atoms with Crippen molar-refractivity contribution in [3.8, 4) is 0 Å². The van der Waals surface area contributed by atoms with Gasteiger partial charge in [0, 0.05) is 35.4 Å². The van der Waals surface area contributed by atoms with Crippen molar-refractivity contribution in [2.75, 3.05) is 10.6 Å². The first-order chi connectivity index (χ1) is 11.6. The van der Waals surface area contributed by atoms with Gasteiger partial charge < -0.3 is 15.2 Å². The second-order valence-electron chi connectivity index (χ2n) is 5.06. The highest BCUT2D eigenvalue weighted by Gasteiger charge is 2.12. The van der Waals surface area contributed by atoms with Crippen LogP contribution in [0, 0.1) is 6.92 Å². The summed E-state index contributed by atoms with van der Waals surface area (Å²) in [5.41, 5.74) is 2.21. The number of rotatable bonds is 4. The standard InChI is InChI=1S/C17H14N4O3/c1-11-9-15(24-21-11)17(23)20-14-4-2-3-13(10-14)19-16(22)12-5-7-18-8-6-12/h2-10H,1H3,(H,19,22)(H,20,23). The average Bonchev–Trinajstić information content (AvgIpc) is 3.02. The van der Waals surface area contributed by atoms with Crippen LogP contribution in [-0.4, -0.2) is 22.0 Å². The van der Waals surface area contributed by atoms with Gasteiger partial charge in [0.25, 0.3) is 11.8 Å². The molecule has 120 valence electrons. The van der Waals surface area contributed by atoms with Gasteiger partial charge in [-0.2, -0.15) is 0 Å². The Morgan fingerprint density at radius 1 is 0.958 bits per heavy atom. The lowest BCUT2D eigenvalue weighted by atomic mass is 10.2. The predicted molar refractivity (Wildman–Crippen MR) is 87.8 cm³/mol. The third-order valence-electron chi connectivity index (χ3n) is 3.17. The third kappa shape index (κ3) is 3.64. The Labute approximate surface area is 137 Å². The summed E-state index contributed by atoms with van der Waals surface area (Å²) in [6, 6.07) is 11.6. The van der Waals surface area contributed by atoms with Crippen molar-refractivity contribution in [2.45, 2.75) is 6.92 Å². The number of aryl methyl sites for hydroxylation is 1. The molecule has 1 aromatic carbocycles. The van der Waals surface area contributed by atoms with E-state index in [9.17, 15) is 9.59 Å². The van der Waals surface area contributed by atoms with Crippen LogP contribution >= 0.6 is 0 Å². The minimum absolute atomic E-state index is 0.124. The molecular formula is C17H14N4O3. The molecule has 0 aliphatic heterocycles. The molecule has 2 heterocycles. The van der Waals surface area contributed by atoms with Gasteiger partial charge in [-0.1, -0.05) is 11.2 Å². The van der Waals surface area contributed by atoms with Crippen molar-refractivity contribution in [3.05, 3.63) is 71.9 Å². The van der Waals surface area contributed by atoms with Crippen LogP contribution in [0.15, 0.2) is 59.4 Å². The molecule has 0 aliphatic rings. The highest BCUT2D eigenvalue weighted by atomic mass is 16.5. The molecule has 2 N–H and O–H groups in total. The molecule has 7 heteroatoms. The molecule has 2 amide bonds. The number of hydrogen-bond acceptors (Lipinski definition) is 5. The Kier molecular flexibility index (Phi) is 4.33. The van der Waals surface area contributed by atoms with E-state index in [1.807, 2.05) is 0 Å². The number of carbonyl (C=O) groups is 2. The van der Waals surface area contributed by atoms with Gasteiger partial charge in [0.2, 0.25) is 5.76 Å². The Balaban J connectivity index is 1.70. The van der Waals surface area contributed by atoms with Crippen molar-refractivity contribution in [1.29, 1.82) is 0 Å². The van der Waals surface area contributed by atoms with E-state index in [4.69, 9.17) is 4.52 Å². The van der Waals surface area contributed by atoms with Crippen LogP contribution in [0.5, 0.6) is 0 Å². The van der Waals surface area contributed by atoms with Crippen molar-refractivity contribution >= 4 is 23.2 Å². The maximum atomic E-state index is 12.1. The minimum atomic E-state index is -0.409. The number of pyridine rings is 1. The van der Waals surface area contributed by atoms with Gasteiger partial charge in [0.1, 0.15) is 0 Å². The molecule has 7 nitrogen and oxygen atoms in total. The van der Waals surface area contributed by atoms with Crippen molar-refractivity contribution in [2.24, 2.45) is 0 Å². The summed E-state index contributed by atoms with van der Waals surface area (Å²) in [4.78, 5) is 28.0. The maximum absolute atomic E-state index is 12.1. The fourth-order valence-electron chi connectivity index (χ4n) is 2.04. The Morgan fingerprint density at radius 2 is 1.62 bits per heavy atom. The quantitative estimate of drug-likeness (QED) is 0.770. The molecule has 0 unspecified atom stereocenters. The van der Waals surface area contributed by atoms with Gasteiger partial charge in [-0.15, -0.1) is 0 Å². The van der Waals surface area contributed by atoms with Gasteiger partial charge >= 0.3 is 0 Å². The topological polar surface area (TPSA) is 97.1 Å². The number of anilines is 2. The van der Waals surface area contributed by atoms with Gasteiger partial charge in [-0.05, 0) is 37.3 Å². The second kappa shape index (κ2) is 6.74. The SMILES string of the molecule is Cc1cc(C(=O)Nc2cccc(NC(=O)c3ccncc3)c2)on1. The van der Waals surface area contributed by atoms with Crippen LogP contribution in [0.2, 0.25) is 0 Å². The molecule has 3 rings (SSSR count). The average molecular weight is 322 g/mol. The van der Waals surface area contributed by atoms with Gasteiger partial charge in [-0.25, -0.2) is 0 Å². The highest BCUT2D eigenvalue weighted by molar-refractivity contribution is 6.05. The smallest absolute Gasteiger partial charge is 0.294 e.